The van der Waals surface area contributed by atoms with Crippen molar-refractivity contribution >= 4 is 33.0 Å². The normalized spacial score (nSPS) is 18.8. The molecule has 0 saturated heterocycles. The van der Waals surface area contributed by atoms with Crippen LogP contribution in [0.5, 0.6) is 0 Å². The molecule has 4 nitrogen and oxygen atoms in total. The number of aryl methyl sites for hydroxylation is 1. The number of sulfonamides is 1. The molecule has 1 aliphatic carbocycles. The molecular weight excluding hydrogens is 316 g/mol. The summed E-state index contributed by atoms with van der Waals surface area (Å²) in [5.41, 5.74) is 1.10. The summed E-state index contributed by atoms with van der Waals surface area (Å²) in [5.74, 6) is 0. The molecule has 0 aromatic carbocycles. The number of rotatable bonds is 3. The monoisotopic (exact) mass is 328 g/mol. The molecule has 106 valence electrons. The van der Waals surface area contributed by atoms with Gasteiger partial charge in [0, 0.05) is 17.1 Å². The number of aromatic nitrogens is 1. The molecule has 20 heavy (non-hydrogen) atoms. The van der Waals surface area contributed by atoms with Gasteiger partial charge in [0.05, 0.1) is 4.90 Å². The minimum atomic E-state index is -3.57. The first-order valence-corrected chi connectivity index (χ1v) is 9.00. The van der Waals surface area contributed by atoms with Crippen LogP contribution in [0.2, 0.25) is 5.15 Å². The Kier molecular flexibility index (Phi) is 3.81. The second-order valence-electron chi connectivity index (χ2n) is 4.68. The number of nitrogens with one attached hydrogen (secondary N) is 1. The Morgan fingerprint density at radius 1 is 1.40 bits per heavy atom. The maximum Gasteiger partial charge on any atom is 0.241 e. The predicted octanol–water partition coefficient (Wildman–Crippen LogP) is 3.15. The second kappa shape index (κ2) is 5.44. The highest BCUT2D eigenvalue weighted by molar-refractivity contribution is 7.89. The zero-order chi connectivity index (χ0) is 14.2. The van der Waals surface area contributed by atoms with E-state index in [0.29, 0.717) is 0 Å². The second-order valence-corrected chi connectivity index (χ2v) is 7.78. The van der Waals surface area contributed by atoms with Crippen molar-refractivity contribution in [2.75, 3.05) is 0 Å². The third kappa shape index (κ3) is 2.74. The van der Waals surface area contributed by atoms with Gasteiger partial charge in [-0.15, -0.1) is 11.3 Å². The summed E-state index contributed by atoms with van der Waals surface area (Å²) in [6.07, 6.45) is 4.25. The Bertz CT molecular complexity index is 727. The third-order valence-corrected chi connectivity index (χ3v) is 6.03. The summed E-state index contributed by atoms with van der Waals surface area (Å²) in [5, 5.41) is 2.19. The molecule has 0 aliphatic heterocycles. The van der Waals surface area contributed by atoms with E-state index < -0.39 is 10.0 Å². The molecule has 1 atom stereocenters. The van der Waals surface area contributed by atoms with Crippen LogP contribution in [-0.4, -0.2) is 13.4 Å². The van der Waals surface area contributed by atoms with Gasteiger partial charge < -0.3 is 0 Å². The summed E-state index contributed by atoms with van der Waals surface area (Å²) in [7, 11) is -3.57. The van der Waals surface area contributed by atoms with Crippen molar-refractivity contribution in [3.05, 3.63) is 45.4 Å². The lowest BCUT2D eigenvalue weighted by atomic mass is 9.95. The van der Waals surface area contributed by atoms with Crippen LogP contribution in [0.3, 0.4) is 0 Å². The molecule has 0 spiro atoms. The zero-order valence-electron chi connectivity index (χ0n) is 10.5. The van der Waals surface area contributed by atoms with Gasteiger partial charge in [-0.25, -0.2) is 18.1 Å². The van der Waals surface area contributed by atoms with E-state index in [1.807, 2.05) is 11.4 Å². The van der Waals surface area contributed by atoms with E-state index in [4.69, 9.17) is 11.6 Å². The minimum Gasteiger partial charge on any atom is -0.244 e. The van der Waals surface area contributed by atoms with Crippen LogP contribution in [0, 0.1) is 0 Å². The smallest absolute Gasteiger partial charge is 0.241 e. The van der Waals surface area contributed by atoms with Crippen molar-refractivity contribution in [1.29, 1.82) is 0 Å². The number of hydrogen-bond acceptors (Lipinski definition) is 4. The number of fused-ring (bicyclic) bond motifs is 1. The fourth-order valence-electron chi connectivity index (χ4n) is 2.42. The molecule has 3 rings (SSSR count). The Morgan fingerprint density at radius 2 is 2.25 bits per heavy atom. The lowest BCUT2D eigenvalue weighted by Crippen LogP contribution is -2.30. The first-order valence-electron chi connectivity index (χ1n) is 6.26. The van der Waals surface area contributed by atoms with Crippen LogP contribution in [-0.2, 0) is 16.4 Å². The molecule has 0 radical (unpaired) electrons. The maximum atomic E-state index is 12.4. The van der Waals surface area contributed by atoms with Crippen LogP contribution in [0.25, 0.3) is 0 Å². The molecule has 0 fully saturated rings. The van der Waals surface area contributed by atoms with E-state index in [-0.39, 0.29) is 16.1 Å². The van der Waals surface area contributed by atoms with E-state index in [1.54, 1.807) is 11.3 Å². The average Bonchev–Trinajstić information content (AvgIpc) is 2.88. The number of halogens is 1. The molecule has 1 aliphatic rings. The lowest BCUT2D eigenvalue weighted by molar-refractivity contribution is 0.511. The van der Waals surface area contributed by atoms with Gasteiger partial charge in [0.15, 0.2) is 0 Å². The highest BCUT2D eigenvalue weighted by atomic mass is 35.5. The van der Waals surface area contributed by atoms with E-state index in [1.165, 1.54) is 23.2 Å². The molecule has 2 aromatic rings. The lowest BCUT2D eigenvalue weighted by Gasteiger charge is -2.23. The zero-order valence-corrected chi connectivity index (χ0v) is 12.9. The van der Waals surface area contributed by atoms with Crippen LogP contribution in [0.15, 0.2) is 34.7 Å². The highest BCUT2D eigenvalue weighted by Crippen LogP contribution is 2.34. The van der Waals surface area contributed by atoms with Crippen LogP contribution >= 0.6 is 22.9 Å². The van der Waals surface area contributed by atoms with E-state index in [2.05, 4.69) is 9.71 Å². The molecule has 2 aromatic heterocycles. The molecule has 0 saturated carbocycles. The van der Waals surface area contributed by atoms with Gasteiger partial charge in [-0.1, -0.05) is 11.6 Å². The first-order chi connectivity index (χ1) is 9.56. The number of pyridine rings is 1. The number of nitrogens with zero attached hydrogens (tertiary/aromatic N) is 1. The molecule has 1 unspecified atom stereocenters. The fraction of sp³-hybridized carbons (Fsp3) is 0.308. The SMILES string of the molecule is O=S(=O)(NC1CCCc2sccc21)c1ccnc(Cl)c1. The Morgan fingerprint density at radius 3 is 3.05 bits per heavy atom. The third-order valence-electron chi connectivity index (χ3n) is 3.36. The number of hydrogen-bond donors (Lipinski definition) is 1. The van der Waals surface area contributed by atoms with Crippen molar-refractivity contribution in [1.82, 2.24) is 9.71 Å². The summed E-state index contributed by atoms with van der Waals surface area (Å²) in [6, 6.07) is 4.67. The predicted molar refractivity (Wildman–Crippen MR) is 79.6 cm³/mol. The van der Waals surface area contributed by atoms with Gasteiger partial charge in [0.25, 0.3) is 0 Å². The van der Waals surface area contributed by atoms with Crippen molar-refractivity contribution in [2.24, 2.45) is 0 Å². The molecule has 1 N–H and O–H groups in total. The molecule has 0 bridgehead atoms. The summed E-state index contributed by atoms with van der Waals surface area (Å²) >= 11 is 7.44. The van der Waals surface area contributed by atoms with E-state index in [9.17, 15) is 8.42 Å². The van der Waals surface area contributed by atoms with Gasteiger partial charge in [-0.3, -0.25) is 0 Å². The van der Waals surface area contributed by atoms with E-state index in [0.717, 1.165) is 24.8 Å². The average molecular weight is 329 g/mol. The quantitative estimate of drug-likeness (QED) is 0.880. The van der Waals surface area contributed by atoms with Crippen LogP contribution < -0.4 is 4.72 Å². The van der Waals surface area contributed by atoms with Gasteiger partial charge in [-0.2, -0.15) is 0 Å². The summed E-state index contributed by atoms with van der Waals surface area (Å²) < 4.78 is 27.6. The Hall–Kier alpha value is -0.950. The highest BCUT2D eigenvalue weighted by Gasteiger charge is 2.26. The van der Waals surface area contributed by atoms with Crippen molar-refractivity contribution in [3.8, 4) is 0 Å². The van der Waals surface area contributed by atoms with Crippen molar-refractivity contribution in [2.45, 2.75) is 30.2 Å². The molecule has 7 heteroatoms. The Labute approximate surface area is 126 Å². The van der Waals surface area contributed by atoms with Crippen molar-refractivity contribution < 1.29 is 8.42 Å². The standard InChI is InChI=1S/C13H13ClN2O2S2/c14-13-8-9(4-6-15-13)20(17,18)16-11-2-1-3-12-10(11)5-7-19-12/h4-8,11,16H,1-3H2. The summed E-state index contributed by atoms with van der Waals surface area (Å²) in [4.78, 5) is 5.23. The maximum absolute atomic E-state index is 12.4. The molecule has 2 heterocycles. The topological polar surface area (TPSA) is 59.1 Å². The largest absolute Gasteiger partial charge is 0.244 e. The molecular formula is C13H13ClN2O2S2. The van der Waals surface area contributed by atoms with Gasteiger partial charge in [0.1, 0.15) is 5.15 Å². The van der Waals surface area contributed by atoms with E-state index >= 15 is 0 Å². The minimum absolute atomic E-state index is 0.151. The first kappa shape index (κ1) is 14.0. The van der Waals surface area contributed by atoms with Crippen LogP contribution in [0.1, 0.15) is 29.3 Å². The summed E-state index contributed by atoms with van der Waals surface area (Å²) in [6.45, 7) is 0. The Balaban J connectivity index is 1.89. The van der Waals surface area contributed by atoms with Crippen LogP contribution in [0.4, 0.5) is 0 Å². The van der Waals surface area contributed by atoms with Gasteiger partial charge in [-0.05, 0) is 48.4 Å². The van der Waals surface area contributed by atoms with Gasteiger partial charge in [0.2, 0.25) is 10.0 Å². The number of thiophene rings is 1. The molecule has 0 amide bonds. The van der Waals surface area contributed by atoms with Crippen molar-refractivity contribution in [3.63, 3.8) is 0 Å². The van der Waals surface area contributed by atoms with Gasteiger partial charge >= 0.3 is 0 Å². The fourth-order valence-corrected chi connectivity index (χ4v) is 4.90.